The predicted octanol–water partition coefficient (Wildman–Crippen LogP) is 4.16. The number of para-hydroxylation sites is 1. The van der Waals surface area contributed by atoms with Crippen LogP contribution in [-0.2, 0) is 0 Å². The zero-order valence-electron chi connectivity index (χ0n) is 9.95. The molecule has 7 heteroatoms. The maximum atomic E-state index is 13.1. The summed E-state index contributed by atoms with van der Waals surface area (Å²) in [4.78, 5) is 11.0. The monoisotopic (exact) mass is 314 g/mol. The zero-order valence-corrected chi connectivity index (χ0v) is 11.5. The molecule has 20 heavy (non-hydrogen) atoms. The minimum absolute atomic E-state index is 0.0384. The molecule has 0 saturated carbocycles. The van der Waals surface area contributed by atoms with Crippen LogP contribution in [0.15, 0.2) is 30.3 Å². The van der Waals surface area contributed by atoms with Crippen LogP contribution >= 0.6 is 23.2 Å². The van der Waals surface area contributed by atoms with Gasteiger partial charge < -0.3 is 16.2 Å². The molecule has 104 valence electrons. The van der Waals surface area contributed by atoms with Crippen LogP contribution in [0.5, 0.6) is 0 Å². The van der Waals surface area contributed by atoms with Crippen molar-refractivity contribution in [2.75, 3.05) is 11.1 Å². The van der Waals surface area contributed by atoms with Gasteiger partial charge in [-0.25, -0.2) is 9.18 Å². The summed E-state index contributed by atoms with van der Waals surface area (Å²) < 4.78 is 13.1. The Labute approximate surface area is 123 Å². The molecule has 4 nitrogen and oxygen atoms in total. The van der Waals surface area contributed by atoms with Crippen LogP contribution in [0.4, 0.5) is 21.5 Å². The van der Waals surface area contributed by atoms with Crippen molar-refractivity contribution in [1.29, 1.82) is 0 Å². The van der Waals surface area contributed by atoms with E-state index in [2.05, 4.69) is 5.32 Å². The average molecular weight is 315 g/mol. The summed E-state index contributed by atoms with van der Waals surface area (Å²) in [6, 6.07) is 6.64. The number of carboxylic acid groups (broad SMARTS) is 1. The van der Waals surface area contributed by atoms with Crippen molar-refractivity contribution in [3.05, 3.63) is 51.8 Å². The van der Waals surface area contributed by atoms with E-state index in [4.69, 9.17) is 34.0 Å². The van der Waals surface area contributed by atoms with E-state index in [1.807, 2.05) is 0 Å². The highest BCUT2D eigenvalue weighted by Gasteiger charge is 2.14. The second kappa shape index (κ2) is 5.56. The topological polar surface area (TPSA) is 75.3 Å². The van der Waals surface area contributed by atoms with E-state index in [1.54, 1.807) is 6.07 Å². The fourth-order valence-corrected chi connectivity index (χ4v) is 2.21. The summed E-state index contributed by atoms with van der Waals surface area (Å²) in [6.45, 7) is 0. The Hall–Kier alpha value is -1.98. The Morgan fingerprint density at radius 3 is 2.40 bits per heavy atom. The van der Waals surface area contributed by atoms with Crippen LogP contribution in [0.1, 0.15) is 10.4 Å². The Balaban J connectivity index is 2.46. The first-order chi connectivity index (χ1) is 9.40. The first-order valence-corrected chi connectivity index (χ1v) is 6.19. The molecule has 0 aliphatic heterocycles. The number of rotatable bonds is 3. The van der Waals surface area contributed by atoms with E-state index in [1.165, 1.54) is 12.1 Å². The average Bonchev–Trinajstić information content (AvgIpc) is 2.35. The number of nitrogen functional groups attached to an aromatic ring is 1. The predicted molar refractivity (Wildman–Crippen MR) is 77.5 cm³/mol. The summed E-state index contributed by atoms with van der Waals surface area (Å²) in [5.41, 5.74) is 6.32. The number of halogens is 3. The first kappa shape index (κ1) is 14.4. The van der Waals surface area contributed by atoms with Crippen molar-refractivity contribution >= 4 is 46.2 Å². The Kier molecular flexibility index (Phi) is 4.01. The van der Waals surface area contributed by atoms with Gasteiger partial charge in [0, 0.05) is 0 Å². The number of aromatic carboxylic acids is 1. The summed E-state index contributed by atoms with van der Waals surface area (Å²) >= 11 is 11.8. The van der Waals surface area contributed by atoms with Gasteiger partial charge in [0.2, 0.25) is 0 Å². The van der Waals surface area contributed by atoms with Gasteiger partial charge in [-0.15, -0.1) is 0 Å². The molecule has 2 rings (SSSR count). The third-order valence-electron chi connectivity index (χ3n) is 2.60. The van der Waals surface area contributed by atoms with E-state index < -0.39 is 11.8 Å². The largest absolute Gasteiger partial charge is 0.478 e. The molecular weight excluding hydrogens is 306 g/mol. The lowest BCUT2D eigenvalue weighted by Gasteiger charge is -2.13. The second-order valence-electron chi connectivity index (χ2n) is 3.94. The lowest BCUT2D eigenvalue weighted by atomic mass is 10.1. The van der Waals surface area contributed by atoms with Gasteiger partial charge in [0.1, 0.15) is 5.82 Å². The van der Waals surface area contributed by atoms with Crippen molar-refractivity contribution in [2.45, 2.75) is 0 Å². The standard InChI is InChI=1S/C13H9Cl2FN2O2/c14-8-4-6(16)5-9(15)12(8)18-10-3-1-2-7(11(10)17)13(19)20/h1-5,18H,17H2,(H,19,20). The zero-order chi connectivity index (χ0) is 14.9. The van der Waals surface area contributed by atoms with E-state index in [0.717, 1.165) is 12.1 Å². The second-order valence-corrected chi connectivity index (χ2v) is 4.76. The summed E-state index contributed by atoms with van der Waals surface area (Å²) in [6.07, 6.45) is 0. The number of anilines is 3. The normalized spacial score (nSPS) is 10.3. The molecule has 0 atom stereocenters. The number of hydrogen-bond acceptors (Lipinski definition) is 3. The van der Waals surface area contributed by atoms with Crippen LogP contribution in [0.2, 0.25) is 10.0 Å². The molecule has 0 amide bonds. The molecule has 0 aliphatic rings. The highest BCUT2D eigenvalue weighted by atomic mass is 35.5. The molecule has 2 aromatic rings. The van der Waals surface area contributed by atoms with E-state index >= 15 is 0 Å². The van der Waals surface area contributed by atoms with Gasteiger partial charge in [-0.1, -0.05) is 29.3 Å². The van der Waals surface area contributed by atoms with Crippen LogP contribution in [0, 0.1) is 5.82 Å². The van der Waals surface area contributed by atoms with Crippen molar-refractivity contribution in [1.82, 2.24) is 0 Å². The number of nitrogens with one attached hydrogen (secondary N) is 1. The number of hydrogen-bond donors (Lipinski definition) is 3. The Bertz CT molecular complexity index is 669. The summed E-state index contributed by atoms with van der Waals surface area (Å²) in [5, 5.41) is 11.9. The lowest BCUT2D eigenvalue weighted by Crippen LogP contribution is -2.05. The van der Waals surface area contributed by atoms with Crippen molar-refractivity contribution < 1.29 is 14.3 Å². The van der Waals surface area contributed by atoms with Crippen LogP contribution in [0.3, 0.4) is 0 Å². The smallest absolute Gasteiger partial charge is 0.337 e. The molecule has 4 N–H and O–H groups in total. The number of carbonyl (C=O) groups is 1. The van der Waals surface area contributed by atoms with Crippen molar-refractivity contribution in [3.8, 4) is 0 Å². The van der Waals surface area contributed by atoms with Crippen molar-refractivity contribution in [3.63, 3.8) is 0 Å². The van der Waals surface area contributed by atoms with Crippen LogP contribution < -0.4 is 11.1 Å². The number of carboxylic acids is 1. The van der Waals surface area contributed by atoms with Crippen molar-refractivity contribution in [2.24, 2.45) is 0 Å². The lowest BCUT2D eigenvalue weighted by molar-refractivity contribution is 0.0698. The minimum atomic E-state index is -1.15. The maximum absolute atomic E-state index is 13.1. The maximum Gasteiger partial charge on any atom is 0.337 e. The molecule has 0 fully saturated rings. The fourth-order valence-electron chi connectivity index (χ4n) is 1.66. The first-order valence-electron chi connectivity index (χ1n) is 5.43. The van der Waals surface area contributed by atoms with E-state index in [0.29, 0.717) is 5.69 Å². The molecule has 0 unspecified atom stereocenters. The van der Waals surface area contributed by atoms with Crippen LogP contribution in [-0.4, -0.2) is 11.1 Å². The summed E-state index contributed by atoms with van der Waals surface area (Å²) in [7, 11) is 0. The van der Waals surface area contributed by atoms with Gasteiger partial charge in [0.15, 0.2) is 0 Å². The molecule has 2 aromatic carbocycles. The molecular formula is C13H9Cl2FN2O2. The molecule has 0 aromatic heterocycles. The third-order valence-corrected chi connectivity index (χ3v) is 3.20. The highest BCUT2D eigenvalue weighted by molar-refractivity contribution is 6.39. The molecule has 0 heterocycles. The van der Waals surface area contributed by atoms with Gasteiger partial charge in [-0.3, -0.25) is 0 Å². The molecule has 0 saturated heterocycles. The van der Waals surface area contributed by atoms with E-state index in [9.17, 15) is 9.18 Å². The van der Waals surface area contributed by atoms with Crippen LogP contribution in [0.25, 0.3) is 0 Å². The van der Waals surface area contributed by atoms with E-state index in [-0.39, 0.29) is 27.0 Å². The Morgan fingerprint density at radius 1 is 1.25 bits per heavy atom. The molecule has 0 aliphatic carbocycles. The van der Waals surface area contributed by atoms with Gasteiger partial charge in [-0.05, 0) is 24.3 Å². The fraction of sp³-hybridized carbons (Fsp3) is 0. The molecule has 0 radical (unpaired) electrons. The van der Waals surface area contributed by atoms with Gasteiger partial charge in [0.05, 0.1) is 32.7 Å². The third kappa shape index (κ3) is 2.79. The Morgan fingerprint density at radius 2 is 1.85 bits per heavy atom. The van der Waals surface area contributed by atoms with Gasteiger partial charge >= 0.3 is 5.97 Å². The quantitative estimate of drug-likeness (QED) is 0.744. The highest BCUT2D eigenvalue weighted by Crippen LogP contribution is 2.36. The summed E-state index contributed by atoms with van der Waals surface area (Å²) in [5.74, 6) is -1.72. The van der Waals surface area contributed by atoms with Gasteiger partial charge in [0.25, 0.3) is 0 Å². The molecule has 0 bridgehead atoms. The number of benzene rings is 2. The molecule has 0 spiro atoms. The number of nitrogens with two attached hydrogens (primary N) is 1. The SMILES string of the molecule is Nc1c(Nc2c(Cl)cc(F)cc2Cl)cccc1C(=O)O. The minimum Gasteiger partial charge on any atom is -0.478 e. The van der Waals surface area contributed by atoms with Gasteiger partial charge in [-0.2, -0.15) is 0 Å².